The van der Waals surface area contributed by atoms with Crippen molar-refractivity contribution in [3.63, 3.8) is 0 Å². The van der Waals surface area contributed by atoms with Crippen molar-refractivity contribution in [3.05, 3.63) is 89.0 Å². The van der Waals surface area contributed by atoms with Crippen molar-refractivity contribution in [2.75, 3.05) is 12.0 Å². The molecule has 1 heterocycles. The van der Waals surface area contributed by atoms with Crippen LogP contribution in [0.25, 0.3) is 6.08 Å². The first-order chi connectivity index (χ1) is 14.1. The molecule has 6 heteroatoms. The third-order valence-corrected chi connectivity index (χ3v) is 4.96. The Morgan fingerprint density at radius 1 is 1.00 bits per heavy atom. The van der Waals surface area contributed by atoms with Gasteiger partial charge in [-0.1, -0.05) is 41.9 Å². The summed E-state index contributed by atoms with van der Waals surface area (Å²) in [5, 5.41) is 22.0. The van der Waals surface area contributed by atoms with Crippen LogP contribution in [-0.4, -0.2) is 23.2 Å². The maximum Gasteiger partial charge on any atom is 0.165 e. The second-order valence-electron chi connectivity index (χ2n) is 6.48. The third kappa shape index (κ3) is 3.70. The lowest BCUT2D eigenvalue weighted by molar-refractivity contribution is 0.187. The lowest BCUT2D eigenvalue weighted by Gasteiger charge is -2.34. The van der Waals surface area contributed by atoms with Crippen LogP contribution in [0.1, 0.15) is 17.4 Å². The van der Waals surface area contributed by atoms with Crippen molar-refractivity contribution in [2.45, 2.75) is 6.23 Å². The number of benzene rings is 3. The van der Waals surface area contributed by atoms with Gasteiger partial charge in [-0.15, -0.1) is 0 Å². The first-order valence-electron chi connectivity index (χ1n) is 9.03. The molecular weight excluding hydrogens is 388 g/mol. The van der Waals surface area contributed by atoms with Gasteiger partial charge in [-0.05, 0) is 48.6 Å². The van der Waals surface area contributed by atoms with E-state index in [1.54, 1.807) is 47.4 Å². The van der Waals surface area contributed by atoms with Gasteiger partial charge in [0.1, 0.15) is 5.84 Å². The predicted octanol–water partition coefficient (Wildman–Crippen LogP) is 5.31. The van der Waals surface area contributed by atoms with E-state index in [1.807, 2.05) is 36.4 Å². The van der Waals surface area contributed by atoms with Crippen molar-refractivity contribution in [2.24, 2.45) is 4.99 Å². The highest BCUT2D eigenvalue weighted by molar-refractivity contribution is 6.30. The first kappa shape index (κ1) is 19.1. The van der Waals surface area contributed by atoms with E-state index in [0.29, 0.717) is 33.4 Å². The van der Waals surface area contributed by atoms with Crippen LogP contribution in [0.15, 0.2) is 77.8 Å². The Labute approximate surface area is 173 Å². The number of aliphatic hydroxyl groups is 1. The number of amidine groups is 1. The van der Waals surface area contributed by atoms with E-state index in [2.05, 4.69) is 0 Å². The Balaban J connectivity index is 1.79. The summed E-state index contributed by atoms with van der Waals surface area (Å²) >= 11 is 6.03. The maximum atomic E-state index is 11.1. The van der Waals surface area contributed by atoms with Crippen molar-refractivity contribution < 1.29 is 14.9 Å². The van der Waals surface area contributed by atoms with Crippen LogP contribution < -0.4 is 9.64 Å². The largest absolute Gasteiger partial charge is 0.504 e. The van der Waals surface area contributed by atoms with E-state index in [1.165, 1.54) is 7.11 Å². The lowest BCUT2D eigenvalue weighted by Crippen LogP contribution is -2.36. The fraction of sp³-hybridized carbons (Fsp3) is 0.0870. The first-order valence-corrected chi connectivity index (χ1v) is 9.41. The molecule has 1 atom stereocenters. The number of aromatic hydroxyl groups is 1. The average molecular weight is 407 g/mol. The number of hydrogen-bond donors (Lipinski definition) is 2. The zero-order chi connectivity index (χ0) is 20.4. The van der Waals surface area contributed by atoms with Gasteiger partial charge >= 0.3 is 0 Å². The van der Waals surface area contributed by atoms with Crippen molar-refractivity contribution in [3.8, 4) is 11.5 Å². The van der Waals surface area contributed by atoms with Crippen LogP contribution in [0, 0.1) is 0 Å². The van der Waals surface area contributed by atoms with E-state index >= 15 is 0 Å². The van der Waals surface area contributed by atoms with Crippen LogP contribution in [-0.2, 0) is 0 Å². The van der Waals surface area contributed by atoms with E-state index < -0.39 is 6.23 Å². The molecule has 5 nitrogen and oxygen atoms in total. The Kier molecular flexibility index (Phi) is 5.25. The fourth-order valence-corrected chi connectivity index (χ4v) is 3.37. The summed E-state index contributed by atoms with van der Waals surface area (Å²) < 4.78 is 5.17. The molecule has 1 aliphatic heterocycles. The van der Waals surface area contributed by atoms with Crippen molar-refractivity contribution in [1.29, 1.82) is 0 Å². The predicted molar refractivity (Wildman–Crippen MR) is 116 cm³/mol. The van der Waals surface area contributed by atoms with Crippen LogP contribution in [0.2, 0.25) is 5.02 Å². The summed E-state index contributed by atoms with van der Waals surface area (Å²) in [6.07, 6.45) is 2.58. The number of hydrogen-bond acceptors (Lipinski definition) is 5. The normalized spacial score (nSPS) is 15.9. The summed E-state index contributed by atoms with van der Waals surface area (Å²) in [6, 6.07) is 19.9. The quantitative estimate of drug-likeness (QED) is 0.616. The molecule has 1 unspecified atom stereocenters. The topological polar surface area (TPSA) is 65.3 Å². The van der Waals surface area contributed by atoms with Crippen molar-refractivity contribution in [1.82, 2.24) is 0 Å². The summed E-state index contributed by atoms with van der Waals surface area (Å²) in [7, 11) is 1.50. The van der Waals surface area contributed by atoms with Gasteiger partial charge in [0.05, 0.1) is 12.8 Å². The van der Waals surface area contributed by atoms with E-state index in [4.69, 9.17) is 21.3 Å². The minimum absolute atomic E-state index is 0.0432. The smallest absolute Gasteiger partial charge is 0.165 e. The number of phenolic OH excluding ortho intramolecular Hbond substituents is 1. The molecule has 0 spiro atoms. The highest BCUT2D eigenvalue weighted by atomic mass is 35.5. The minimum Gasteiger partial charge on any atom is -0.504 e. The number of aliphatic hydroxyl groups excluding tert-OH is 1. The Bertz CT molecular complexity index is 1090. The number of methoxy groups -OCH3 is 1. The highest BCUT2D eigenvalue weighted by Gasteiger charge is 2.28. The molecule has 3 aromatic rings. The molecule has 3 aromatic carbocycles. The third-order valence-electron chi connectivity index (χ3n) is 4.71. The van der Waals surface area contributed by atoms with Crippen LogP contribution in [0.3, 0.4) is 0 Å². The molecule has 0 saturated carbocycles. The number of nitrogens with zero attached hydrogens (tertiary/aromatic N) is 2. The number of fused-ring (bicyclic) bond motifs is 1. The molecule has 0 saturated heterocycles. The number of halogens is 1. The molecule has 0 amide bonds. The second kappa shape index (κ2) is 7.99. The second-order valence-corrected chi connectivity index (χ2v) is 6.92. The summed E-state index contributed by atoms with van der Waals surface area (Å²) in [5.74, 6) is 0.958. The monoisotopic (exact) mass is 406 g/mol. The summed E-state index contributed by atoms with van der Waals surface area (Å²) in [6.45, 7) is 0. The number of para-hydroxylation sites is 2. The summed E-state index contributed by atoms with van der Waals surface area (Å²) in [5.41, 5.74) is 2.73. The van der Waals surface area contributed by atoms with Gasteiger partial charge in [0.2, 0.25) is 0 Å². The van der Waals surface area contributed by atoms with Gasteiger partial charge in [0.25, 0.3) is 0 Å². The molecule has 0 aromatic heterocycles. The molecule has 0 fully saturated rings. The zero-order valence-electron chi connectivity index (χ0n) is 15.7. The molecule has 0 aliphatic carbocycles. The van der Waals surface area contributed by atoms with Crippen LogP contribution in [0.4, 0.5) is 11.4 Å². The highest BCUT2D eigenvalue weighted by Crippen LogP contribution is 2.37. The number of rotatable bonds is 4. The van der Waals surface area contributed by atoms with Crippen molar-refractivity contribution >= 4 is 34.9 Å². The number of anilines is 1. The zero-order valence-corrected chi connectivity index (χ0v) is 16.4. The standard InChI is InChI=1S/C23H19ClN2O3/c1-29-20-8-4-5-15(22(20)27)9-14-21-25-19-7-3-2-6-18(19)23(28)26(21)17-12-10-16(24)11-13-17/h2-14,23,27-28H,1H3/b14-9+. The summed E-state index contributed by atoms with van der Waals surface area (Å²) in [4.78, 5) is 6.43. The Morgan fingerprint density at radius 2 is 1.76 bits per heavy atom. The van der Waals surface area contributed by atoms with Gasteiger partial charge in [-0.3, -0.25) is 4.90 Å². The molecule has 0 radical (unpaired) electrons. The maximum absolute atomic E-state index is 11.1. The SMILES string of the molecule is COc1cccc(/C=C/C2=Nc3ccccc3C(O)N2c2ccc(Cl)cc2)c1O. The fourth-order valence-electron chi connectivity index (χ4n) is 3.24. The Hall–Kier alpha value is -3.28. The van der Waals surface area contributed by atoms with Gasteiger partial charge in [0.15, 0.2) is 17.7 Å². The van der Waals surface area contributed by atoms with E-state index in [0.717, 1.165) is 5.69 Å². The van der Waals surface area contributed by atoms with Crippen LogP contribution in [0.5, 0.6) is 11.5 Å². The molecule has 29 heavy (non-hydrogen) atoms. The number of ether oxygens (including phenoxy) is 1. The number of aliphatic imine (C=N–C) groups is 1. The Morgan fingerprint density at radius 3 is 2.52 bits per heavy atom. The molecule has 0 bridgehead atoms. The van der Waals surface area contributed by atoms with Gasteiger partial charge in [0, 0.05) is 21.8 Å². The van der Waals surface area contributed by atoms with Gasteiger partial charge in [-0.25, -0.2) is 4.99 Å². The van der Waals surface area contributed by atoms with Crippen LogP contribution >= 0.6 is 11.6 Å². The number of phenols is 1. The molecule has 1 aliphatic rings. The van der Waals surface area contributed by atoms with Gasteiger partial charge < -0.3 is 14.9 Å². The molecular formula is C23H19ClN2O3. The average Bonchev–Trinajstić information content (AvgIpc) is 2.74. The van der Waals surface area contributed by atoms with E-state index in [-0.39, 0.29) is 5.75 Å². The molecule has 146 valence electrons. The lowest BCUT2D eigenvalue weighted by atomic mass is 10.1. The molecule has 4 rings (SSSR count). The van der Waals surface area contributed by atoms with Gasteiger partial charge in [-0.2, -0.15) is 0 Å². The minimum atomic E-state index is -0.913. The molecule has 2 N–H and O–H groups in total. The van der Waals surface area contributed by atoms with E-state index in [9.17, 15) is 10.2 Å².